The SMILES string of the molecule is CC1(C)CCC(C)(C)c2cc(C(=O)O)ccc21.CCN(CC)CC.COC(=O)CCc1ccc(N)cc1.COC(=O)CCc1ccc(NC(=O)c2ccc3c(c2)C(C)(C)CCC3(C)C)cc1.O=S(Cl)Cl. The van der Waals surface area contributed by atoms with Gasteiger partial charge in [-0.3, -0.25) is 14.4 Å². The molecule has 0 saturated heterocycles. The number of nitrogens with zero attached hydrogens (tertiary/aromatic N) is 1. The van der Waals surface area contributed by atoms with E-state index in [4.69, 9.17) is 15.0 Å². The van der Waals surface area contributed by atoms with Crippen LogP contribution in [0.5, 0.6) is 0 Å². The summed E-state index contributed by atoms with van der Waals surface area (Å²) in [5.41, 5.74) is 15.8. The molecular weight excluding hydrogens is 946 g/mol. The van der Waals surface area contributed by atoms with Crippen LogP contribution in [0.25, 0.3) is 0 Å². The number of nitrogens with one attached hydrogen (secondary N) is 1. The molecule has 6 rings (SSSR count). The lowest BCUT2D eigenvalue weighted by Crippen LogP contribution is -2.34. The lowest BCUT2D eigenvalue weighted by atomic mass is 9.63. The van der Waals surface area contributed by atoms with E-state index >= 15 is 0 Å². The maximum absolute atomic E-state index is 12.8. The number of halogens is 2. The van der Waals surface area contributed by atoms with Crippen LogP contribution in [-0.2, 0) is 62.8 Å². The van der Waals surface area contributed by atoms with Gasteiger partial charge in [0.1, 0.15) is 0 Å². The minimum absolute atomic E-state index is 0.0719. The van der Waals surface area contributed by atoms with E-state index in [1.807, 2.05) is 66.7 Å². The van der Waals surface area contributed by atoms with Crippen molar-refractivity contribution in [2.75, 3.05) is 44.9 Å². The van der Waals surface area contributed by atoms with E-state index in [1.54, 1.807) is 6.07 Å². The van der Waals surface area contributed by atoms with Crippen LogP contribution < -0.4 is 11.1 Å². The maximum atomic E-state index is 12.8. The first-order chi connectivity index (χ1) is 32.7. The quantitative estimate of drug-likeness (QED) is 0.0706. The molecule has 0 radical (unpaired) electrons. The molecule has 14 heteroatoms. The van der Waals surface area contributed by atoms with Gasteiger partial charge >= 0.3 is 17.9 Å². The molecule has 4 aromatic rings. The normalized spacial score (nSPS) is 15.2. The average molecular weight is 1030 g/mol. The molecular formula is C56H79Cl2N3O8S. The van der Waals surface area contributed by atoms with Crippen molar-refractivity contribution in [3.63, 3.8) is 0 Å². The molecule has 2 aliphatic carbocycles. The highest BCUT2D eigenvalue weighted by Gasteiger charge is 2.38. The molecule has 0 atom stereocenters. The molecule has 4 aromatic carbocycles. The largest absolute Gasteiger partial charge is 0.478 e. The van der Waals surface area contributed by atoms with Gasteiger partial charge in [0.15, 0.2) is 0 Å². The fourth-order valence-electron chi connectivity index (χ4n) is 8.46. The fourth-order valence-corrected chi connectivity index (χ4v) is 8.46. The highest BCUT2D eigenvalue weighted by atomic mass is 36.0. The molecule has 1 amide bonds. The van der Waals surface area contributed by atoms with Crippen molar-refractivity contribution >= 4 is 65.8 Å². The Morgan fingerprint density at radius 1 is 0.600 bits per heavy atom. The number of methoxy groups -OCH3 is 2. The van der Waals surface area contributed by atoms with Crippen LogP contribution in [0.15, 0.2) is 84.9 Å². The summed E-state index contributed by atoms with van der Waals surface area (Å²) in [6.07, 6.45) is 6.62. The lowest BCUT2D eigenvalue weighted by Gasteiger charge is -2.42. The number of carboxylic acids is 1. The first kappa shape index (κ1) is 61.4. The number of carbonyl (C=O) groups excluding carboxylic acids is 3. The molecule has 0 spiro atoms. The third-order valence-electron chi connectivity index (χ3n) is 13.4. The molecule has 0 bridgehead atoms. The number of benzene rings is 4. The number of rotatable bonds is 12. The maximum Gasteiger partial charge on any atom is 0.335 e. The molecule has 0 saturated carbocycles. The summed E-state index contributed by atoms with van der Waals surface area (Å²) in [5.74, 6) is -1.35. The Morgan fingerprint density at radius 2 is 0.943 bits per heavy atom. The summed E-state index contributed by atoms with van der Waals surface area (Å²) < 4.78 is 18.3. The standard InChI is InChI=1S/C25H31NO3.C15H20O2.C10H13NO2.C6H15N.Cl2OS/c1-24(2)14-15-25(3,4)21-16-18(9-12-20(21)24)23(28)26-19-10-6-17(7-11-19)8-13-22(27)29-5;1-14(2)7-8-15(3,4)12-9-10(13(16)17)5-6-11(12)14;1-13-10(12)7-4-8-2-5-9(11)6-3-8;1-4-7(5-2)6-3;1-4(2)3/h6-7,9-12,16H,8,13-15H2,1-5H3,(H,26,28);5-6,9H,7-8H2,1-4H3,(H,16,17);2-3,5-6H,4,7,11H2,1H3;4-6H2,1-3H3;. The molecule has 0 heterocycles. The van der Waals surface area contributed by atoms with Gasteiger partial charge in [0.05, 0.1) is 19.8 Å². The van der Waals surface area contributed by atoms with E-state index in [0.717, 1.165) is 48.2 Å². The smallest absolute Gasteiger partial charge is 0.335 e. The van der Waals surface area contributed by atoms with E-state index in [1.165, 1.54) is 56.1 Å². The first-order valence-electron chi connectivity index (χ1n) is 24.0. The third kappa shape index (κ3) is 19.8. The van der Waals surface area contributed by atoms with Gasteiger partial charge in [-0.15, -0.1) is 0 Å². The second kappa shape index (κ2) is 28.3. The summed E-state index contributed by atoms with van der Waals surface area (Å²) in [6, 6.07) is 26.8. The van der Waals surface area contributed by atoms with Gasteiger partial charge in [-0.25, -0.2) is 9.00 Å². The predicted octanol–water partition coefficient (Wildman–Crippen LogP) is 12.9. The van der Waals surface area contributed by atoms with Crippen LogP contribution >= 0.6 is 21.4 Å². The lowest BCUT2D eigenvalue weighted by molar-refractivity contribution is -0.141. The Hall–Kier alpha value is -4.75. The van der Waals surface area contributed by atoms with Gasteiger partial charge in [-0.05, 0) is 162 Å². The number of fused-ring (bicyclic) bond motifs is 2. The van der Waals surface area contributed by atoms with Crippen LogP contribution in [0.4, 0.5) is 11.4 Å². The number of esters is 2. The number of carboxylic acid groups (broad SMARTS) is 1. The number of aryl methyl sites for hydroxylation is 2. The Labute approximate surface area is 430 Å². The number of amides is 1. The van der Waals surface area contributed by atoms with Crippen molar-refractivity contribution in [1.29, 1.82) is 0 Å². The topological polar surface area (TPSA) is 165 Å². The zero-order chi connectivity index (χ0) is 53.0. The first-order valence-corrected chi connectivity index (χ1v) is 26.8. The second-order valence-electron chi connectivity index (χ2n) is 20.2. The predicted molar refractivity (Wildman–Crippen MR) is 290 cm³/mol. The Morgan fingerprint density at radius 3 is 1.29 bits per heavy atom. The summed E-state index contributed by atoms with van der Waals surface area (Å²) in [7, 11) is 10.1. The van der Waals surface area contributed by atoms with Crippen LogP contribution in [-0.4, -0.2) is 71.9 Å². The molecule has 0 unspecified atom stereocenters. The molecule has 11 nitrogen and oxygen atoms in total. The molecule has 2 aliphatic rings. The number of aromatic carboxylic acids is 1. The number of hydrogen-bond acceptors (Lipinski definition) is 9. The zero-order valence-electron chi connectivity index (χ0n) is 43.9. The van der Waals surface area contributed by atoms with Crippen molar-refractivity contribution in [2.45, 2.75) is 149 Å². The summed E-state index contributed by atoms with van der Waals surface area (Å²) in [6.45, 7) is 28.1. The van der Waals surface area contributed by atoms with Crippen LogP contribution in [0.1, 0.15) is 169 Å². The van der Waals surface area contributed by atoms with Crippen molar-refractivity contribution in [1.82, 2.24) is 4.90 Å². The number of ether oxygens (including phenoxy) is 2. The van der Waals surface area contributed by atoms with Gasteiger partial charge < -0.3 is 30.5 Å². The monoisotopic (exact) mass is 1020 g/mol. The van der Waals surface area contributed by atoms with Crippen LogP contribution in [0, 0.1) is 0 Å². The number of nitrogen functional groups attached to an aromatic ring is 1. The Balaban J connectivity index is 0.000000347. The molecule has 4 N–H and O–H groups in total. The molecule has 0 aliphatic heterocycles. The second-order valence-corrected chi connectivity index (χ2v) is 22.7. The summed E-state index contributed by atoms with van der Waals surface area (Å²) in [5, 5.41) is 12.1. The van der Waals surface area contributed by atoms with E-state index in [2.05, 4.69) is 129 Å². The van der Waals surface area contributed by atoms with Crippen LogP contribution in [0.3, 0.4) is 0 Å². The molecule has 70 heavy (non-hydrogen) atoms. The average Bonchev–Trinajstić information content (AvgIpc) is 3.32. The zero-order valence-corrected chi connectivity index (χ0v) is 46.2. The van der Waals surface area contributed by atoms with Crippen molar-refractivity contribution < 1.29 is 38.0 Å². The summed E-state index contributed by atoms with van der Waals surface area (Å²) >= 11 is 0. The minimum atomic E-state index is -1.67. The number of hydrogen-bond donors (Lipinski definition) is 3. The van der Waals surface area contributed by atoms with Gasteiger partial charge in [-0.1, -0.05) is 113 Å². The van der Waals surface area contributed by atoms with E-state index in [0.29, 0.717) is 36.8 Å². The Bertz CT molecular complexity index is 2330. The van der Waals surface area contributed by atoms with E-state index in [9.17, 15) is 19.2 Å². The van der Waals surface area contributed by atoms with Gasteiger partial charge in [0, 0.05) is 51.1 Å². The highest BCUT2D eigenvalue weighted by Crippen LogP contribution is 2.47. The van der Waals surface area contributed by atoms with Gasteiger partial charge in [0.25, 0.3) is 5.91 Å². The minimum Gasteiger partial charge on any atom is -0.478 e. The van der Waals surface area contributed by atoms with Gasteiger partial charge in [-0.2, -0.15) is 0 Å². The highest BCUT2D eigenvalue weighted by molar-refractivity contribution is 8.26. The van der Waals surface area contributed by atoms with E-state index in [-0.39, 0.29) is 39.5 Å². The van der Waals surface area contributed by atoms with Crippen LogP contribution in [0.2, 0.25) is 0 Å². The van der Waals surface area contributed by atoms with Gasteiger partial charge in [0.2, 0.25) is 9.23 Å². The third-order valence-corrected chi connectivity index (χ3v) is 13.4. The molecule has 0 fully saturated rings. The fraction of sp³-hybridized carbons (Fsp3) is 0.500. The number of anilines is 2. The number of nitrogens with two attached hydrogens (primary N) is 1. The van der Waals surface area contributed by atoms with Crippen molar-refractivity contribution in [3.8, 4) is 0 Å². The Kier molecular flexibility index (Phi) is 24.8. The molecule has 0 aromatic heterocycles. The summed E-state index contributed by atoms with van der Waals surface area (Å²) in [4.78, 5) is 48.3. The number of carbonyl (C=O) groups is 4. The van der Waals surface area contributed by atoms with Crippen molar-refractivity contribution in [2.24, 2.45) is 0 Å². The molecule has 386 valence electrons. The van der Waals surface area contributed by atoms with E-state index < -0.39 is 15.2 Å². The van der Waals surface area contributed by atoms with Crippen molar-refractivity contribution in [3.05, 3.63) is 129 Å².